The fourth-order valence-corrected chi connectivity index (χ4v) is 5.20. The van der Waals surface area contributed by atoms with Gasteiger partial charge in [-0.25, -0.2) is 4.98 Å². The molecular weight excluding hydrogens is 480 g/mol. The molecule has 1 aliphatic carbocycles. The van der Waals surface area contributed by atoms with Crippen molar-refractivity contribution in [1.29, 1.82) is 0 Å². The summed E-state index contributed by atoms with van der Waals surface area (Å²) in [6, 6.07) is 8.12. The topological polar surface area (TPSA) is 111 Å². The van der Waals surface area contributed by atoms with Crippen LogP contribution in [0.4, 0.5) is 5.82 Å². The first-order valence-electron chi connectivity index (χ1n) is 13.4. The molecule has 0 bridgehead atoms. The van der Waals surface area contributed by atoms with Crippen molar-refractivity contribution in [3.8, 4) is 5.75 Å². The second-order valence-corrected chi connectivity index (χ2v) is 10.7. The summed E-state index contributed by atoms with van der Waals surface area (Å²) in [7, 11) is 1.76. The molecule has 2 aromatic heterocycles. The van der Waals surface area contributed by atoms with E-state index in [1.165, 1.54) is 0 Å². The SMILES string of the molecule is Cc1c(CN(C)C(=O)/C=C/c2cnc3c(c2)CC[C@H](C)C(=O)N3)oc2cccc(O[C@H]3CC[C@H](N)CC3)c12. The Kier molecular flexibility index (Phi) is 7.51. The number of benzene rings is 1. The van der Waals surface area contributed by atoms with E-state index in [9.17, 15) is 9.59 Å². The van der Waals surface area contributed by atoms with Crippen LogP contribution < -0.4 is 15.8 Å². The Morgan fingerprint density at radius 1 is 1.26 bits per heavy atom. The van der Waals surface area contributed by atoms with Crippen LogP contribution in [-0.2, 0) is 22.6 Å². The number of nitrogens with two attached hydrogens (primary N) is 1. The number of pyridine rings is 1. The number of hydrogen-bond donors (Lipinski definition) is 2. The molecule has 0 unspecified atom stereocenters. The zero-order valence-electron chi connectivity index (χ0n) is 22.3. The monoisotopic (exact) mass is 516 g/mol. The predicted octanol–water partition coefficient (Wildman–Crippen LogP) is 4.98. The number of fused-ring (bicyclic) bond motifs is 2. The van der Waals surface area contributed by atoms with Gasteiger partial charge in [0.2, 0.25) is 11.8 Å². The molecule has 3 N–H and O–H groups in total. The molecule has 0 saturated heterocycles. The van der Waals surface area contributed by atoms with E-state index in [0.717, 1.165) is 77.7 Å². The van der Waals surface area contributed by atoms with Crippen LogP contribution in [-0.4, -0.2) is 40.9 Å². The molecule has 1 aliphatic heterocycles. The number of carbonyl (C=O) groups is 2. The highest BCUT2D eigenvalue weighted by Gasteiger charge is 2.23. The fourth-order valence-electron chi connectivity index (χ4n) is 5.20. The molecule has 5 rings (SSSR count). The Labute approximate surface area is 223 Å². The van der Waals surface area contributed by atoms with Gasteiger partial charge in [-0.15, -0.1) is 0 Å². The van der Waals surface area contributed by atoms with Gasteiger partial charge in [-0.1, -0.05) is 13.0 Å². The molecule has 0 radical (unpaired) electrons. The van der Waals surface area contributed by atoms with Crippen LogP contribution in [0.2, 0.25) is 0 Å². The summed E-state index contributed by atoms with van der Waals surface area (Å²) in [4.78, 5) is 31.0. The lowest BCUT2D eigenvalue weighted by Crippen LogP contribution is -2.31. The number of aryl methyl sites for hydroxylation is 2. The maximum Gasteiger partial charge on any atom is 0.246 e. The van der Waals surface area contributed by atoms with Gasteiger partial charge in [-0.3, -0.25) is 9.59 Å². The summed E-state index contributed by atoms with van der Waals surface area (Å²) in [5.74, 6) is 1.98. The molecule has 1 aromatic carbocycles. The number of amides is 2. The van der Waals surface area contributed by atoms with Gasteiger partial charge >= 0.3 is 0 Å². The first-order chi connectivity index (χ1) is 18.3. The molecule has 1 atom stereocenters. The minimum Gasteiger partial charge on any atom is -0.490 e. The number of nitrogens with one attached hydrogen (secondary N) is 1. The van der Waals surface area contributed by atoms with E-state index in [4.69, 9.17) is 14.9 Å². The average molecular weight is 517 g/mol. The van der Waals surface area contributed by atoms with Gasteiger partial charge in [-0.2, -0.15) is 0 Å². The van der Waals surface area contributed by atoms with E-state index in [0.29, 0.717) is 12.4 Å². The van der Waals surface area contributed by atoms with E-state index < -0.39 is 0 Å². The third-order valence-electron chi connectivity index (χ3n) is 7.73. The number of nitrogens with zero attached hydrogens (tertiary/aromatic N) is 2. The van der Waals surface area contributed by atoms with Gasteiger partial charge < -0.3 is 25.1 Å². The van der Waals surface area contributed by atoms with Crippen LogP contribution in [0.25, 0.3) is 17.0 Å². The number of hydrogen-bond acceptors (Lipinski definition) is 6. The first-order valence-corrected chi connectivity index (χ1v) is 13.4. The maximum absolute atomic E-state index is 12.9. The molecule has 1 fully saturated rings. The van der Waals surface area contributed by atoms with Crippen LogP contribution in [0.1, 0.15) is 61.5 Å². The molecule has 1 saturated carbocycles. The molecule has 8 heteroatoms. The van der Waals surface area contributed by atoms with Gasteiger partial charge in [0.15, 0.2) is 0 Å². The van der Waals surface area contributed by atoms with Crippen molar-refractivity contribution in [2.75, 3.05) is 12.4 Å². The van der Waals surface area contributed by atoms with Gasteiger partial charge in [0, 0.05) is 36.8 Å². The van der Waals surface area contributed by atoms with Gasteiger partial charge in [0.05, 0.1) is 18.0 Å². The van der Waals surface area contributed by atoms with Crippen molar-refractivity contribution >= 4 is 34.7 Å². The normalized spacial score (nSPS) is 21.7. The molecular formula is C30H36N4O4. The lowest BCUT2D eigenvalue weighted by atomic mass is 9.93. The molecule has 2 amide bonds. The largest absolute Gasteiger partial charge is 0.490 e. The fraction of sp³-hybridized carbons (Fsp3) is 0.433. The smallest absolute Gasteiger partial charge is 0.246 e. The van der Waals surface area contributed by atoms with Crippen LogP contribution in [0.15, 0.2) is 41.0 Å². The third-order valence-corrected chi connectivity index (χ3v) is 7.73. The lowest BCUT2D eigenvalue weighted by molar-refractivity contribution is -0.125. The standard InChI is InChI=1S/C30H36N4O4/c1-18-7-9-21-15-20(16-32-29(21)33-30(18)36)8-14-27(35)34(3)17-26-19(2)28-24(5-4-6-25(28)38-26)37-23-12-10-22(31)11-13-23/h4-6,8,14-16,18,22-23H,7,9-13,17,31H2,1-3H3,(H,32,33,36)/b14-8+/t18-,22-,23-/m0/s1. The summed E-state index contributed by atoms with van der Waals surface area (Å²) in [5.41, 5.74) is 9.60. The second kappa shape index (κ2) is 11.0. The molecule has 3 aromatic rings. The Morgan fingerprint density at radius 2 is 2.05 bits per heavy atom. The first kappa shape index (κ1) is 26.0. The molecule has 8 nitrogen and oxygen atoms in total. The van der Waals surface area contributed by atoms with Crippen molar-refractivity contribution < 1.29 is 18.7 Å². The molecule has 38 heavy (non-hydrogen) atoms. The van der Waals surface area contributed by atoms with Gasteiger partial charge in [0.25, 0.3) is 0 Å². The average Bonchev–Trinajstić information content (AvgIpc) is 3.15. The van der Waals surface area contributed by atoms with Gasteiger partial charge in [0.1, 0.15) is 22.9 Å². The van der Waals surface area contributed by atoms with Crippen molar-refractivity contribution in [1.82, 2.24) is 9.88 Å². The molecule has 3 heterocycles. The van der Waals surface area contributed by atoms with Crippen molar-refractivity contribution in [3.63, 3.8) is 0 Å². The summed E-state index contributed by atoms with van der Waals surface area (Å²) in [6.07, 6.45) is 10.5. The summed E-state index contributed by atoms with van der Waals surface area (Å²) in [6.45, 7) is 4.27. The molecule has 0 spiro atoms. The zero-order chi connectivity index (χ0) is 26.8. The Hall–Kier alpha value is -3.65. The maximum atomic E-state index is 12.9. The van der Waals surface area contributed by atoms with E-state index in [1.54, 1.807) is 30.3 Å². The molecule has 2 aliphatic rings. The zero-order valence-corrected chi connectivity index (χ0v) is 22.3. The van der Waals surface area contributed by atoms with E-state index in [-0.39, 0.29) is 29.9 Å². The van der Waals surface area contributed by atoms with Crippen molar-refractivity contribution in [2.24, 2.45) is 11.7 Å². The Morgan fingerprint density at radius 3 is 2.84 bits per heavy atom. The highest BCUT2D eigenvalue weighted by molar-refractivity contribution is 5.94. The summed E-state index contributed by atoms with van der Waals surface area (Å²) < 4.78 is 12.5. The summed E-state index contributed by atoms with van der Waals surface area (Å²) >= 11 is 0. The number of carbonyl (C=O) groups excluding carboxylic acids is 2. The minimum absolute atomic E-state index is 0.00497. The van der Waals surface area contributed by atoms with Crippen LogP contribution in [0.3, 0.4) is 0 Å². The van der Waals surface area contributed by atoms with Crippen LogP contribution in [0.5, 0.6) is 5.75 Å². The quantitative estimate of drug-likeness (QED) is 0.447. The highest BCUT2D eigenvalue weighted by atomic mass is 16.5. The summed E-state index contributed by atoms with van der Waals surface area (Å²) in [5, 5.41) is 3.84. The van der Waals surface area contributed by atoms with E-state index in [1.807, 2.05) is 38.1 Å². The number of rotatable bonds is 6. The lowest BCUT2D eigenvalue weighted by Gasteiger charge is -2.27. The third kappa shape index (κ3) is 5.60. The van der Waals surface area contributed by atoms with E-state index in [2.05, 4.69) is 10.3 Å². The Bertz CT molecular complexity index is 1370. The number of ether oxygens (including phenoxy) is 1. The van der Waals surface area contributed by atoms with Crippen molar-refractivity contribution in [2.45, 2.75) is 71.1 Å². The number of anilines is 1. The number of aromatic nitrogens is 1. The van der Waals surface area contributed by atoms with Crippen LogP contribution >= 0.6 is 0 Å². The number of likely N-dealkylation sites (N-methyl/N-ethyl adjacent to an activating group) is 1. The van der Waals surface area contributed by atoms with Crippen molar-refractivity contribution in [3.05, 3.63) is 59.0 Å². The van der Waals surface area contributed by atoms with Crippen LogP contribution in [0, 0.1) is 12.8 Å². The number of furan rings is 1. The highest BCUT2D eigenvalue weighted by Crippen LogP contribution is 2.35. The van der Waals surface area contributed by atoms with E-state index >= 15 is 0 Å². The van der Waals surface area contributed by atoms with Gasteiger partial charge in [-0.05, 0) is 80.9 Å². The minimum atomic E-state index is -0.142. The Balaban J connectivity index is 1.26. The second-order valence-electron chi connectivity index (χ2n) is 10.7. The predicted molar refractivity (Wildman–Crippen MR) is 148 cm³/mol. The molecule has 200 valence electrons.